The molecule has 0 aliphatic rings. The van der Waals surface area contributed by atoms with Gasteiger partial charge in [0.2, 0.25) is 0 Å². The first-order valence-electron chi connectivity index (χ1n) is 5.16. The second-order valence-electron chi connectivity index (χ2n) is 4.30. The van der Waals surface area contributed by atoms with Gasteiger partial charge in [-0.15, -0.1) is 0 Å². The first-order chi connectivity index (χ1) is 7.37. The standard InChI is InChI=1S/C10H20N2O4/c1-10(2,3)12-9(15)8(14)11-4-6-16-7-5-13/h13H,4-7H2,1-3H3,(H,11,14)(H,12,15). The van der Waals surface area contributed by atoms with Crippen molar-refractivity contribution in [1.82, 2.24) is 10.6 Å². The number of hydrogen-bond acceptors (Lipinski definition) is 4. The van der Waals surface area contributed by atoms with Crippen LogP contribution in [0.1, 0.15) is 20.8 Å². The molecule has 3 N–H and O–H groups in total. The molecule has 0 spiro atoms. The Labute approximate surface area is 95.4 Å². The maximum Gasteiger partial charge on any atom is 0.309 e. The minimum absolute atomic E-state index is 0.0571. The van der Waals surface area contributed by atoms with Gasteiger partial charge in [-0.05, 0) is 20.8 Å². The number of carbonyl (C=O) groups excluding carboxylic acids is 2. The van der Waals surface area contributed by atoms with E-state index in [-0.39, 0.29) is 26.4 Å². The summed E-state index contributed by atoms with van der Waals surface area (Å²) in [6, 6.07) is 0. The molecule has 0 radical (unpaired) electrons. The van der Waals surface area contributed by atoms with Crippen LogP contribution < -0.4 is 10.6 Å². The molecule has 0 fully saturated rings. The van der Waals surface area contributed by atoms with Gasteiger partial charge in [-0.1, -0.05) is 0 Å². The SMILES string of the molecule is CC(C)(C)NC(=O)C(=O)NCCOCCO. The second-order valence-corrected chi connectivity index (χ2v) is 4.30. The van der Waals surface area contributed by atoms with Crippen LogP contribution in [-0.4, -0.2) is 48.8 Å². The normalized spacial score (nSPS) is 11.0. The third-order valence-electron chi connectivity index (χ3n) is 1.46. The Morgan fingerprint density at radius 1 is 1.19 bits per heavy atom. The highest BCUT2D eigenvalue weighted by Gasteiger charge is 2.19. The zero-order valence-corrected chi connectivity index (χ0v) is 10.0. The van der Waals surface area contributed by atoms with Gasteiger partial charge in [0.1, 0.15) is 0 Å². The van der Waals surface area contributed by atoms with Gasteiger partial charge in [-0.25, -0.2) is 0 Å². The van der Waals surface area contributed by atoms with Crippen LogP contribution >= 0.6 is 0 Å². The molecule has 0 atom stereocenters. The minimum Gasteiger partial charge on any atom is -0.394 e. The number of nitrogens with one attached hydrogen (secondary N) is 2. The van der Waals surface area contributed by atoms with Crippen molar-refractivity contribution in [2.45, 2.75) is 26.3 Å². The van der Waals surface area contributed by atoms with E-state index >= 15 is 0 Å². The van der Waals surface area contributed by atoms with Crippen LogP contribution in [-0.2, 0) is 14.3 Å². The summed E-state index contributed by atoms with van der Waals surface area (Å²) in [6.45, 7) is 6.07. The Morgan fingerprint density at radius 3 is 2.31 bits per heavy atom. The van der Waals surface area contributed by atoms with Gasteiger partial charge in [0, 0.05) is 12.1 Å². The van der Waals surface area contributed by atoms with E-state index in [0.29, 0.717) is 0 Å². The number of aliphatic hydroxyl groups excluding tert-OH is 1. The molecule has 6 nitrogen and oxygen atoms in total. The number of hydrogen-bond donors (Lipinski definition) is 3. The quantitative estimate of drug-likeness (QED) is 0.420. The zero-order valence-electron chi connectivity index (χ0n) is 10.0. The highest BCUT2D eigenvalue weighted by atomic mass is 16.5. The van der Waals surface area contributed by atoms with Crippen LogP contribution in [0.5, 0.6) is 0 Å². The summed E-state index contributed by atoms with van der Waals surface area (Å²) >= 11 is 0. The third kappa shape index (κ3) is 8.19. The molecule has 0 aromatic heterocycles. The average Bonchev–Trinajstić information content (AvgIpc) is 2.14. The van der Waals surface area contributed by atoms with Gasteiger partial charge in [0.25, 0.3) is 0 Å². The molecule has 2 amide bonds. The maximum atomic E-state index is 11.3. The van der Waals surface area contributed by atoms with Crippen molar-refractivity contribution in [3.8, 4) is 0 Å². The van der Waals surface area contributed by atoms with E-state index in [9.17, 15) is 9.59 Å². The topological polar surface area (TPSA) is 87.7 Å². The predicted molar refractivity (Wildman–Crippen MR) is 58.8 cm³/mol. The molecule has 0 bridgehead atoms. The maximum absolute atomic E-state index is 11.3. The van der Waals surface area contributed by atoms with Crippen molar-refractivity contribution < 1.29 is 19.4 Å². The van der Waals surface area contributed by atoms with E-state index in [2.05, 4.69) is 10.6 Å². The first-order valence-corrected chi connectivity index (χ1v) is 5.16. The smallest absolute Gasteiger partial charge is 0.309 e. The van der Waals surface area contributed by atoms with E-state index < -0.39 is 17.4 Å². The molecule has 0 rings (SSSR count). The Kier molecular flexibility index (Phi) is 6.67. The molecule has 6 heteroatoms. The van der Waals surface area contributed by atoms with Crippen LogP contribution in [0.15, 0.2) is 0 Å². The number of ether oxygens (including phenoxy) is 1. The molecule has 0 aliphatic heterocycles. The van der Waals surface area contributed by atoms with E-state index in [1.165, 1.54) is 0 Å². The Hall–Kier alpha value is -1.14. The first kappa shape index (κ1) is 14.9. The number of aliphatic hydroxyl groups is 1. The lowest BCUT2D eigenvalue weighted by molar-refractivity contribution is -0.140. The van der Waals surface area contributed by atoms with E-state index in [4.69, 9.17) is 9.84 Å². The molecule has 0 heterocycles. The lowest BCUT2D eigenvalue weighted by Crippen LogP contribution is -2.48. The summed E-state index contributed by atoms with van der Waals surface area (Å²) in [5, 5.41) is 13.4. The molecule has 0 aromatic carbocycles. The Bertz CT molecular complexity index is 235. The fourth-order valence-corrected chi connectivity index (χ4v) is 0.881. The summed E-state index contributed by atoms with van der Waals surface area (Å²) < 4.78 is 4.92. The van der Waals surface area contributed by atoms with Crippen LogP contribution in [0.3, 0.4) is 0 Å². The zero-order chi connectivity index (χ0) is 12.6. The molecular weight excluding hydrogens is 212 g/mol. The van der Waals surface area contributed by atoms with E-state index in [1.54, 1.807) is 20.8 Å². The van der Waals surface area contributed by atoms with Gasteiger partial charge in [0.05, 0.1) is 19.8 Å². The Balaban J connectivity index is 3.68. The molecule has 0 aliphatic carbocycles. The van der Waals surface area contributed by atoms with E-state index in [1.807, 2.05) is 0 Å². The summed E-state index contributed by atoms with van der Waals surface area (Å²) in [6.07, 6.45) is 0. The van der Waals surface area contributed by atoms with Crippen LogP contribution in [0.2, 0.25) is 0 Å². The van der Waals surface area contributed by atoms with Crippen LogP contribution in [0.4, 0.5) is 0 Å². The van der Waals surface area contributed by atoms with Crippen molar-refractivity contribution in [3.63, 3.8) is 0 Å². The lowest BCUT2D eigenvalue weighted by Gasteiger charge is -2.19. The van der Waals surface area contributed by atoms with Crippen LogP contribution in [0.25, 0.3) is 0 Å². The lowest BCUT2D eigenvalue weighted by atomic mass is 10.1. The predicted octanol–water partition coefficient (Wildman–Crippen LogP) is -0.974. The van der Waals surface area contributed by atoms with Gasteiger partial charge in [0.15, 0.2) is 0 Å². The largest absolute Gasteiger partial charge is 0.394 e. The minimum atomic E-state index is -0.678. The number of amides is 2. The summed E-state index contributed by atoms with van der Waals surface area (Å²) in [5.41, 5.74) is -0.429. The molecule has 16 heavy (non-hydrogen) atoms. The summed E-state index contributed by atoms with van der Waals surface area (Å²) in [7, 11) is 0. The van der Waals surface area contributed by atoms with Crippen molar-refractivity contribution in [2.24, 2.45) is 0 Å². The van der Waals surface area contributed by atoms with Crippen molar-refractivity contribution in [3.05, 3.63) is 0 Å². The highest BCUT2D eigenvalue weighted by Crippen LogP contribution is 1.97. The van der Waals surface area contributed by atoms with E-state index in [0.717, 1.165) is 0 Å². The van der Waals surface area contributed by atoms with Gasteiger partial charge in [-0.2, -0.15) is 0 Å². The molecule has 0 saturated heterocycles. The summed E-state index contributed by atoms with van der Waals surface area (Å²) in [4.78, 5) is 22.5. The molecule has 0 aromatic rings. The fraction of sp³-hybridized carbons (Fsp3) is 0.800. The Morgan fingerprint density at radius 2 is 1.81 bits per heavy atom. The van der Waals surface area contributed by atoms with Gasteiger partial charge >= 0.3 is 11.8 Å². The number of carbonyl (C=O) groups is 2. The second kappa shape index (κ2) is 7.19. The summed E-state index contributed by atoms with van der Waals surface area (Å²) in [5.74, 6) is -1.34. The highest BCUT2D eigenvalue weighted by molar-refractivity contribution is 6.35. The van der Waals surface area contributed by atoms with Gasteiger partial charge in [-0.3, -0.25) is 9.59 Å². The van der Waals surface area contributed by atoms with Gasteiger partial charge < -0.3 is 20.5 Å². The molecule has 0 saturated carbocycles. The van der Waals surface area contributed by atoms with Crippen LogP contribution in [0, 0.1) is 0 Å². The average molecular weight is 232 g/mol. The van der Waals surface area contributed by atoms with Crippen molar-refractivity contribution >= 4 is 11.8 Å². The van der Waals surface area contributed by atoms with Crippen molar-refractivity contribution in [2.75, 3.05) is 26.4 Å². The molecular formula is C10H20N2O4. The number of rotatable bonds is 5. The molecule has 0 unspecified atom stereocenters. The monoisotopic (exact) mass is 232 g/mol. The van der Waals surface area contributed by atoms with Crippen molar-refractivity contribution in [1.29, 1.82) is 0 Å². The third-order valence-corrected chi connectivity index (χ3v) is 1.46. The fourth-order valence-electron chi connectivity index (χ4n) is 0.881. The molecule has 94 valence electrons.